The Kier molecular flexibility index (Phi) is 8.14. The average molecular weight is 470 g/mol. The highest BCUT2D eigenvalue weighted by atomic mass is 127. The molecule has 142 valence electrons. The minimum atomic E-state index is 0. The van der Waals surface area contributed by atoms with Gasteiger partial charge >= 0.3 is 0 Å². The topological polar surface area (TPSA) is 67.6 Å². The lowest BCUT2D eigenvalue weighted by atomic mass is 10.1. The highest BCUT2D eigenvalue weighted by Crippen LogP contribution is 2.18. The average Bonchev–Trinajstić information content (AvgIpc) is 3.05. The highest BCUT2D eigenvalue weighted by Gasteiger charge is 2.22. The number of benzene rings is 1. The molecule has 0 atom stereocenters. The maximum absolute atomic E-state index is 6.07. The van der Waals surface area contributed by atoms with Gasteiger partial charge in [-0.2, -0.15) is 5.10 Å². The van der Waals surface area contributed by atoms with E-state index in [2.05, 4.69) is 27.2 Å². The van der Waals surface area contributed by atoms with Crippen LogP contribution >= 0.6 is 24.0 Å². The van der Waals surface area contributed by atoms with Gasteiger partial charge in [0.1, 0.15) is 30.5 Å². The second-order valence-corrected chi connectivity index (χ2v) is 6.09. The molecule has 0 spiro atoms. The van der Waals surface area contributed by atoms with Crippen molar-refractivity contribution >= 4 is 29.9 Å². The first-order valence-corrected chi connectivity index (χ1v) is 8.84. The van der Waals surface area contributed by atoms with Gasteiger partial charge in [-0.25, -0.2) is 9.98 Å². The van der Waals surface area contributed by atoms with E-state index in [-0.39, 0.29) is 30.1 Å². The molecule has 1 aromatic carbocycles. The van der Waals surface area contributed by atoms with Crippen LogP contribution in [0.4, 0.5) is 0 Å². The third-order valence-corrected chi connectivity index (χ3v) is 4.30. The van der Waals surface area contributed by atoms with E-state index in [9.17, 15) is 0 Å². The van der Waals surface area contributed by atoms with Crippen LogP contribution in [-0.2, 0) is 13.6 Å². The number of halogens is 1. The fourth-order valence-corrected chi connectivity index (χ4v) is 2.91. The second-order valence-electron chi connectivity index (χ2n) is 6.09. The Morgan fingerprint density at radius 1 is 1.27 bits per heavy atom. The molecular formula is C18H27IN6O. The lowest BCUT2D eigenvalue weighted by Gasteiger charge is -2.34. The summed E-state index contributed by atoms with van der Waals surface area (Å²) in [6, 6.07) is 10.0. The van der Waals surface area contributed by atoms with E-state index in [1.165, 1.54) is 0 Å². The predicted octanol–water partition coefficient (Wildman–Crippen LogP) is 2.44. The van der Waals surface area contributed by atoms with Gasteiger partial charge in [-0.15, -0.1) is 24.0 Å². The van der Waals surface area contributed by atoms with Crippen molar-refractivity contribution in [2.24, 2.45) is 12.0 Å². The highest BCUT2D eigenvalue weighted by molar-refractivity contribution is 14.0. The molecule has 0 aliphatic carbocycles. The quantitative estimate of drug-likeness (QED) is 0.413. The monoisotopic (exact) mass is 470 g/mol. The smallest absolute Gasteiger partial charge is 0.194 e. The van der Waals surface area contributed by atoms with Crippen molar-refractivity contribution in [3.05, 3.63) is 42.5 Å². The van der Waals surface area contributed by atoms with Gasteiger partial charge in [-0.1, -0.05) is 18.2 Å². The number of hydrogen-bond donors (Lipinski definition) is 1. The van der Waals surface area contributed by atoms with Crippen molar-refractivity contribution in [2.75, 3.05) is 19.6 Å². The van der Waals surface area contributed by atoms with Crippen LogP contribution in [0.15, 0.2) is 41.7 Å². The number of rotatable bonds is 5. The number of nitrogens with one attached hydrogen (secondary N) is 1. The number of piperidine rings is 1. The van der Waals surface area contributed by atoms with Crippen molar-refractivity contribution in [3.63, 3.8) is 0 Å². The number of aryl methyl sites for hydroxylation is 1. The minimum absolute atomic E-state index is 0. The summed E-state index contributed by atoms with van der Waals surface area (Å²) in [6.45, 7) is 5.32. The van der Waals surface area contributed by atoms with Crippen LogP contribution < -0.4 is 10.1 Å². The maximum atomic E-state index is 6.07. The Balaban J connectivity index is 0.00000243. The Labute approximate surface area is 171 Å². The summed E-state index contributed by atoms with van der Waals surface area (Å²) in [5.74, 6) is 2.74. The van der Waals surface area contributed by atoms with Gasteiger partial charge in [0.05, 0.1) is 0 Å². The summed E-state index contributed by atoms with van der Waals surface area (Å²) >= 11 is 0. The maximum Gasteiger partial charge on any atom is 0.194 e. The molecule has 1 aliphatic rings. The third kappa shape index (κ3) is 5.58. The molecule has 1 fully saturated rings. The molecule has 26 heavy (non-hydrogen) atoms. The van der Waals surface area contributed by atoms with Crippen LogP contribution in [0.3, 0.4) is 0 Å². The van der Waals surface area contributed by atoms with Crippen molar-refractivity contribution < 1.29 is 4.74 Å². The number of likely N-dealkylation sites (tertiary alicyclic amines) is 1. The van der Waals surface area contributed by atoms with E-state index >= 15 is 0 Å². The van der Waals surface area contributed by atoms with E-state index in [0.717, 1.165) is 50.0 Å². The molecule has 0 bridgehead atoms. The lowest BCUT2D eigenvalue weighted by molar-refractivity contribution is 0.129. The molecule has 8 heteroatoms. The van der Waals surface area contributed by atoms with Gasteiger partial charge in [-0.05, 0) is 19.1 Å². The summed E-state index contributed by atoms with van der Waals surface area (Å²) in [4.78, 5) is 11.2. The number of aromatic nitrogens is 3. The summed E-state index contributed by atoms with van der Waals surface area (Å²) in [5, 5.41) is 7.47. The molecule has 0 radical (unpaired) electrons. The SMILES string of the molecule is CCNC(=NCc1ncnn1C)N1CCC(Oc2ccccc2)CC1.I. The van der Waals surface area contributed by atoms with Crippen LogP contribution in [0, 0.1) is 0 Å². The molecule has 1 aromatic heterocycles. The molecule has 3 rings (SSSR count). The standard InChI is InChI=1S/C18H26N6O.HI/c1-3-19-18(20-13-17-21-14-22-23(17)2)24-11-9-16(10-12-24)25-15-7-5-4-6-8-15;/h4-8,14,16H,3,9-13H2,1-2H3,(H,19,20);1H. The zero-order valence-corrected chi connectivity index (χ0v) is 17.7. The van der Waals surface area contributed by atoms with E-state index in [4.69, 9.17) is 9.73 Å². The van der Waals surface area contributed by atoms with Crippen LogP contribution in [0.1, 0.15) is 25.6 Å². The molecule has 0 amide bonds. The molecule has 7 nitrogen and oxygen atoms in total. The Morgan fingerprint density at radius 2 is 2.00 bits per heavy atom. The molecule has 1 N–H and O–H groups in total. The Morgan fingerprint density at radius 3 is 2.62 bits per heavy atom. The first-order valence-electron chi connectivity index (χ1n) is 8.84. The summed E-state index contributed by atoms with van der Waals surface area (Å²) < 4.78 is 7.83. The Bertz CT molecular complexity index is 682. The summed E-state index contributed by atoms with van der Waals surface area (Å²) in [7, 11) is 1.89. The number of hydrogen-bond acceptors (Lipinski definition) is 4. The molecule has 0 unspecified atom stereocenters. The molecule has 0 saturated carbocycles. The van der Waals surface area contributed by atoms with Crippen molar-refractivity contribution in [1.82, 2.24) is 25.0 Å². The predicted molar refractivity (Wildman–Crippen MR) is 113 cm³/mol. The van der Waals surface area contributed by atoms with Crippen molar-refractivity contribution in [3.8, 4) is 5.75 Å². The zero-order valence-electron chi connectivity index (χ0n) is 15.3. The lowest BCUT2D eigenvalue weighted by Crippen LogP contribution is -2.47. The molecule has 1 aliphatic heterocycles. The summed E-state index contributed by atoms with van der Waals surface area (Å²) in [5.41, 5.74) is 0. The van der Waals surface area contributed by atoms with Crippen molar-refractivity contribution in [2.45, 2.75) is 32.4 Å². The first-order chi connectivity index (χ1) is 12.3. The fourth-order valence-electron chi connectivity index (χ4n) is 2.91. The zero-order chi connectivity index (χ0) is 17.5. The molecular weight excluding hydrogens is 443 g/mol. The number of ether oxygens (including phenoxy) is 1. The van der Waals surface area contributed by atoms with Gasteiger partial charge in [0.2, 0.25) is 0 Å². The van der Waals surface area contributed by atoms with E-state index in [1.807, 2.05) is 37.4 Å². The van der Waals surface area contributed by atoms with E-state index < -0.39 is 0 Å². The van der Waals surface area contributed by atoms with Crippen LogP contribution in [0.5, 0.6) is 5.75 Å². The number of para-hydroxylation sites is 1. The number of guanidine groups is 1. The second kappa shape index (κ2) is 10.3. The van der Waals surface area contributed by atoms with Gasteiger partial charge in [-0.3, -0.25) is 4.68 Å². The number of nitrogens with zero attached hydrogens (tertiary/aromatic N) is 5. The Hall–Kier alpha value is -1.84. The van der Waals surface area contributed by atoms with Crippen LogP contribution in [0.25, 0.3) is 0 Å². The molecule has 2 aromatic rings. The summed E-state index contributed by atoms with van der Waals surface area (Å²) in [6.07, 6.45) is 3.80. The largest absolute Gasteiger partial charge is 0.490 e. The fraction of sp³-hybridized carbons (Fsp3) is 0.500. The van der Waals surface area contributed by atoms with E-state index in [0.29, 0.717) is 6.54 Å². The third-order valence-electron chi connectivity index (χ3n) is 4.30. The van der Waals surface area contributed by atoms with Gasteiger partial charge in [0, 0.05) is 39.5 Å². The minimum Gasteiger partial charge on any atom is -0.490 e. The molecule has 2 heterocycles. The van der Waals surface area contributed by atoms with Crippen LogP contribution in [-0.4, -0.2) is 51.4 Å². The van der Waals surface area contributed by atoms with Gasteiger partial charge < -0.3 is 15.0 Å². The first kappa shape index (κ1) is 20.5. The van der Waals surface area contributed by atoms with Gasteiger partial charge in [0.25, 0.3) is 0 Å². The van der Waals surface area contributed by atoms with Crippen LogP contribution in [0.2, 0.25) is 0 Å². The number of aliphatic imine (C=N–C) groups is 1. The molecule has 1 saturated heterocycles. The van der Waals surface area contributed by atoms with E-state index in [1.54, 1.807) is 11.0 Å². The normalized spacial score (nSPS) is 15.5. The van der Waals surface area contributed by atoms with Crippen molar-refractivity contribution in [1.29, 1.82) is 0 Å². The van der Waals surface area contributed by atoms with Gasteiger partial charge in [0.15, 0.2) is 5.96 Å².